The SMILES string of the molecule is CC(=O)c1cccc(S(=O)(=O)NCC(C)C#N)c1. The molecule has 0 aromatic heterocycles. The van der Waals surface area contributed by atoms with Gasteiger partial charge in [0.1, 0.15) is 0 Å². The first-order chi connectivity index (χ1) is 8.36. The fourth-order valence-electron chi connectivity index (χ4n) is 1.25. The predicted octanol–water partition coefficient (Wildman–Crippen LogP) is 1.33. The van der Waals surface area contributed by atoms with Gasteiger partial charge in [-0.05, 0) is 26.0 Å². The van der Waals surface area contributed by atoms with Crippen LogP contribution in [0.3, 0.4) is 0 Å². The zero-order valence-electron chi connectivity index (χ0n) is 10.2. The van der Waals surface area contributed by atoms with E-state index >= 15 is 0 Å². The van der Waals surface area contributed by atoms with Gasteiger partial charge in [-0.2, -0.15) is 5.26 Å². The molecule has 5 nitrogen and oxygen atoms in total. The Morgan fingerprint density at radius 2 is 2.17 bits per heavy atom. The maximum absolute atomic E-state index is 11.9. The lowest BCUT2D eigenvalue weighted by Gasteiger charge is -2.08. The molecule has 1 unspecified atom stereocenters. The summed E-state index contributed by atoms with van der Waals surface area (Å²) in [5, 5.41) is 8.59. The zero-order valence-corrected chi connectivity index (χ0v) is 11.0. The van der Waals surface area contributed by atoms with Crippen LogP contribution in [0.4, 0.5) is 0 Å². The van der Waals surface area contributed by atoms with Gasteiger partial charge in [-0.3, -0.25) is 4.79 Å². The summed E-state index contributed by atoms with van der Waals surface area (Å²) in [5.41, 5.74) is 0.339. The van der Waals surface area contributed by atoms with Gasteiger partial charge >= 0.3 is 0 Å². The molecule has 0 amide bonds. The van der Waals surface area contributed by atoms with Crippen LogP contribution in [0.25, 0.3) is 0 Å². The number of carbonyl (C=O) groups excluding carboxylic acids is 1. The highest BCUT2D eigenvalue weighted by Crippen LogP contribution is 2.12. The highest BCUT2D eigenvalue weighted by atomic mass is 32.2. The lowest BCUT2D eigenvalue weighted by Crippen LogP contribution is -2.28. The molecule has 0 saturated carbocycles. The van der Waals surface area contributed by atoms with E-state index in [1.165, 1.54) is 25.1 Å². The fourth-order valence-corrected chi connectivity index (χ4v) is 2.42. The molecule has 1 atom stereocenters. The van der Waals surface area contributed by atoms with Crippen LogP contribution < -0.4 is 4.72 Å². The number of sulfonamides is 1. The Balaban J connectivity index is 2.95. The first-order valence-electron chi connectivity index (χ1n) is 5.37. The third-order valence-electron chi connectivity index (χ3n) is 2.35. The first kappa shape index (κ1) is 14.4. The molecule has 1 rings (SSSR count). The van der Waals surface area contributed by atoms with Gasteiger partial charge in [-0.1, -0.05) is 12.1 Å². The second-order valence-electron chi connectivity index (χ2n) is 3.97. The molecule has 0 bridgehead atoms. The van der Waals surface area contributed by atoms with Crippen molar-refractivity contribution in [2.75, 3.05) is 6.54 Å². The monoisotopic (exact) mass is 266 g/mol. The van der Waals surface area contributed by atoms with Crippen molar-refractivity contribution in [2.24, 2.45) is 5.92 Å². The van der Waals surface area contributed by atoms with Gasteiger partial charge in [0.25, 0.3) is 0 Å². The quantitative estimate of drug-likeness (QED) is 0.814. The molecule has 0 spiro atoms. The Bertz CT molecular complexity index is 588. The maximum Gasteiger partial charge on any atom is 0.240 e. The van der Waals surface area contributed by atoms with Crippen LogP contribution in [0, 0.1) is 17.2 Å². The Kier molecular flexibility index (Phi) is 4.59. The molecule has 1 aromatic rings. The molecule has 0 aliphatic heterocycles. The van der Waals surface area contributed by atoms with Gasteiger partial charge in [-0.15, -0.1) is 0 Å². The molecule has 0 fully saturated rings. The average Bonchev–Trinajstić information content (AvgIpc) is 2.36. The molecule has 1 aromatic carbocycles. The van der Waals surface area contributed by atoms with Gasteiger partial charge in [0, 0.05) is 12.1 Å². The van der Waals surface area contributed by atoms with E-state index in [1.54, 1.807) is 13.0 Å². The van der Waals surface area contributed by atoms with Crippen LogP contribution in [0.15, 0.2) is 29.2 Å². The van der Waals surface area contributed by atoms with E-state index in [-0.39, 0.29) is 17.2 Å². The van der Waals surface area contributed by atoms with Gasteiger partial charge in [0.05, 0.1) is 16.9 Å². The molecule has 0 radical (unpaired) electrons. The molecule has 6 heteroatoms. The molecular formula is C12H14N2O3S. The second kappa shape index (κ2) is 5.76. The predicted molar refractivity (Wildman–Crippen MR) is 66.4 cm³/mol. The summed E-state index contributed by atoms with van der Waals surface area (Å²) in [7, 11) is -3.67. The lowest BCUT2D eigenvalue weighted by atomic mass is 10.2. The number of carbonyl (C=O) groups is 1. The van der Waals surface area contributed by atoms with E-state index in [1.807, 2.05) is 6.07 Å². The topological polar surface area (TPSA) is 87.0 Å². The van der Waals surface area contributed by atoms with Gasteiger partial charge < -0.3 is 0 Å². The number of nitrogens with one attached hydrogen (secondary N) is 1. The van der Waals surface area contributed by atoms with E-state index in [0.29, 0.717) is 5.56 Å². The van der Waals surface area contributed by atoms with E-state index in [2.05, 4.69) is 4.72 Å². The summed E-state index contributed by atoms with van der Waals surface area (Å²) >= 11 is 0. The normalized spacial score (nSPS) is 12.7. The standard InChI is InChI=1S/C12H14N2O3S/c1-9(7-13)8-14-18(16,17)12-5-3-4-11(6-12)10(2)15/h3-6,9,14H,8H2,1-2H3. The summed E-state index contributed by atoms with van der Waals surface area (Å²) in [4.78, 5) is 11.2. The van der Waals surface area contributed by atoms with E-state index < -0.39 is 15.9 Å². The van der Waals surface area contributed by atoms with Crippen molar-refractivity contribution >= 4 is 15.8 Å². The van der Waals surface area contributed by atoms with E-state index in [0.717, 1.165) is 0 Å². The smallest absolute Gasteiger partial charge is 0.240 e. The number of Topliss-reactive ketones (excluding diaryl/α,β-unsaturated/α-hetero) is 1. The number of benzene rings is 1. The van der Waals surface area contributed by atoms with Crippen molar-refractivity contribution < 1.29 is 13.2 Å². The van der Waals surface area contributed by atoms with Crippen LogP contribution in [-0.2, 0) is 10.0 Å². The lowest BCUT2D eigenvalue weighted by molar-refractivity contribution is 0.101. The van der Waals surface area contributed by atoms with E-state index in [4.69, 9.17) is 5.26 Å². The second-order valence-corrected chi connectivity index (χ2v) is 5.73. The number of hydrogen-bond donors (Lipinski definition) is 1. The maximum atomic E-state index is 11.9. The first-order valence-corrected chi connectivity index (χ1v) is 6.85. The number of nitriles is 1. The molecule has 1 N–H and O–H groups in total. The summed E-state index contributed by atoms with van der Waals surface area (Å²) in [6.45, 7) is 3.04. The van der Waals surface area contributed by atoms with Crippen LogP contribution in [0.5, 0.6) is 0 Å². The Morgan fingerprint density at radius 1 is 1.50 bits per heavy atom. The van der Waals surface area contributed by atoms with Crippen molar-refractivity contribution in [3.05, 3.63) is 29.8 Å². The molecule has 0 heterocycles. The molecule has 0 aliphatic carbocycles. The highest BCUT2D eigenvalue weighted by molar-refractivity contribution is 7.89. The molecular weight excluding hydrogens is 252 g/mol. The summed E-state index contributed by atoms with van der Waals surface area (Å²) in [6, 6.07) is 7.73. The van der Waals surface area contributed by atoms with E-state index in [9.17, 15) is 13.2 Å². The minimum atomic E-state index is -3.67. The van der Waals surface area contributed by atoms with Crippen LogP contribution in [0.1, 0.15) is 24.2 Å². The third kappa shape index (κ3) is 3.65. The molecule has 18 heavy (non-hydrogen) atoms. The zero-order chi connectivity index (χ0) is 13.8. The van der Waals surface area contributed by atoms with Crippen LogP contribution >= 0.6 is 0 Å². The Labute approximate surface area is 106 Å². The minimum Gasteiger partial charge on any atom is -0.295 e. The van der Waals surface area contributed by atoms with Crippen molar-refractivity contribution in [1.82, 2.24) is 4.72 Å². The van der Waals surface area contributed by atoms with Crippen LogP contribution in [-0.4, -0.2) is 20.7 Å². The summed E-state index contributed by atoms with van der Waals surface area (Å²) in [5.74, 6) is -0.604. The van der Waals surface area contributed by atoms with Gasteiger partial charge in [-0.25, -0.2) is 13.1 Å². The fraction of sp³-hybridized carbons (Fsp3) is 0.333. The highest BCUT2D eigenvalue weighted by Gasteiger charge is 2.16. The molecule has 0 aliphatic rings. The van der Waals surface area contributed by atoms with Crippen molar-refractivity contribution in [3.63, 3.8) is 0 Å². The summed E-state index contributed by atoms with van der Waals surface area (Å²) < 4.78 is 26.1. The largest absolute Gasteiger partial charge is 0.295 e. The Hall–Kier alpha value is -1.71. The van der Waals surface area contributed by atoms with Crippen molar-refractivity contribution in [3.8, 4) is 6.07 Å². The number of hydrogen-bond acceptors (Lipinski definition) is 4. The molecule has 0 saturated heterocycles. The molecule has 96 valence electrons. The third-order valence-corrected chi connectivity index (χ3v) is 3.77. The average molecular weight is 266 g/mol. The van der Waals surface area contributed by atoms with Crippen LogP contribution in [0.2, 0.25) is 0 Å². The number of nitrogens with zero attached hydrogens (tertiary/aromatic N) is 1. The van der Waals surface area contributed by atoms with Crippen molar-refractivity contribution in [2.45, 2.75) is 18.7 Å². The van der Waals surface area contributed by atoms with Gasteiger partial charge in [0.2, 0.25) is 10.0 Å². The van der Waals surface area contributed by atoms with Crippen molar-refractivity contribution in [1.29, 1.82) is 5.26 Å². The van der Waals surface area contributed by atoms with Gasteiger partial charge in [0.15, 0.2) is 5.78 Å². The minimum absolute atomic E-state index is 0.0281. The number of ketones is 1. The summed E-state index contributed by atoms with van der Waals surface area (Å²) in [6.07, 6.45) is 0. The Morgan fingerprint density at radius 3 is 2.72 bits per heavy atom. The number of rotatable bonds is 5.